The van der Waals surface area contributed by atoms with Crippen LogP contribution in [0.2, 0.25) is 0 Å². The Labute approximate surface area is 112 Å². The van der Waals surface area contributed by atoms with Crippen molar-refractivity contribution in [2.75, 3.05) is 7.05 Å². The van der Waals surface area contributed by atoms with Gasteiger partial charge >= 0.3 is 0 Å². The van der Waals surface area contributed by atoms with Gasteiger partial charge in [0.2, 0.25) is 0 Å². The first-order chi connectivity index (χ1) is 9.13. The van der Waals surface area contributed by atoms with Crippen LogP contribution in [0, 0.1) is 11.6 Å². The van der Waals surface area contributed by atoms with Crippen molar-refractivity contribution in [3.63, 3.8) is 0 Å². The van der Waals surface area contributed by atoms with E-state index in [2.05, 4.69) is 17.3 Å². The summed E-state index contributed by atoms with van der Waals surface area (Å²) in [5, 5.41) is 3.39. The minimum atomic E-state index is -0.373. The zero-order chi connectivity index (χ0) is 13.4. The molecule has 2 atom stereocenters. The van der Waals surface area contributed by atoms with Gasteiger partial charge in [0.25, 0.3) is 0 Å². The van der Waals surface area contributed by atoms with E-state index in [0.29, 0.717) is 30.2 Å². The molecule has 4 heteroatoms. The van der Waals surface area contributed by atoms with Gasteiger partial charge in [-0.3, -0.25) is 0 Å². The zero-order valence-corrected chi connectivity index (χ0v) is 11.2. The van der Waals surface area contributed by atoms with Crippen LogP contribution in [0.3, 0.4) is 0 Å². The number of fused-ring (bicyclic) bond motifs is 2. The van der Waals surface area contributed by atoms with Gasteiger partial charge in [0, 0.05) is 30.2 Å². The number of halogens is 2. The van der Waals surface area contributed by atoms with Crippen LogP contribution in [0.15, 0.2) is 18.2 Å². The predicted molar refractivity (Wildman–Crippen MR) is 70.8 cm³/mol. The lowest BCUT2D eigenvalue weighted by Crippen LogP contribution is -2.47. The van der Waals surface area contributed by atoms with Crippen molar-refractivity contribution in [1.29, 1.82) is 0 Å². The van der Waals surface area contributed by atoms with Crippen molar-refractivity contribution >= 4 is 0 Å². The van der Waals surface area contributed by atoms with E-state index in [1.54, 1.807) is 0 Å². The Morgan fingerprint density at radius 3 is 2.58 bits per heavy atom. The number of benzene rings is 1. The molecule has 0 spiro atoms. The van der Waals surface area contributed by atoms with Crippen LogP contribution >= 0.6 is 0 Å². The van der Waals surface area contributed by atoms with E-state index < -0.39 is 0 Å². The molecular weight excluding hydrogens is 246 g/mol. The topological polar surface area (TPSA) is 15.3 Å². The zero-order valence-electron chi connectivity index (χ0n) is 11.2. The highest BCUT2D eigenvalue weighted by molar-refractivity contribution is 5.18. The Morgan fingerprint density at radius 2 is 1.89 bits per heavy atom. The van der Waals surface area contributed by atoms with Gasteiger partial charge in [0.15, 0.2) is 0 Å². The molecule has 3 rings (SSSR count). The molecule has 0 aromatic heterocycles. The number of hydrogen-bond acceptors (Lipinski definition) is 2. The summed E-state index contributed by atoms with van der Waals surface area (Å²) in [4.78, 5) is 2.47. The van der Waals surface area contributed by atoms with Crippen molar-refractivity contribution in [2.24, 2.45) is 0 Å². The molecule has 0 saturated carbocycles. The summed E-state index contributed by atoms with van der Waals surface area (Å²) >= 11 is 0. The van der Waals surface area contributed by atoms with E-state index in [9.17, 15) is 8.78 Å². The fraction of sp³-hybridized carbons (Fsp3) is 0.600. The number of nitrogens with zero attached hydrogens (tertiary/aromatic N) is 1. The number of nitrogens with one attached hydrogen (secondary N) is 1. The molecule has 2 heterocycles. The predicted octanol–water partition coefficient (Wildman–Crippen LogP) is 2.68. The van der Waals surface area contributed by atoms with Gasteiger partial charge < -0.3 is 10.2 Å². The fourth-order valence-electron chi connectivity index (χ4n) is 3.51. The van der Waals surface area contributed by atoms with Crippen LogP contribution < -0.4 is 5.32 Å². The van der Waals surface area contributed by atoms with E-state index >= 15 is 0 Å². The van der Waals surface area contributed by atoms with Crippen LogP contribution in [-0.2, 0) is 6.54 Å². The van der Waals surface area contributed by atoms with E-state index in [4.69, 9.17) is 0 Å². The molecule has 2 bridgehead atoms. The first-order valence-electron chi connectivity index (χ1n) is 7.02. The molecule has 2 nitrogen and oxygen atoms in total. The molecule has 2 aliphatic rings. The second-order valence-electron chi connectivity index (χ2n) is 5.84. The molecule has 2 unspecified atom stereocenters. The van der Waals surface area contributed by atoms with Crippen molar-refractivity contribution in [3.05, 3.63) is 35.4 Å². The highest BCUT2D eigenvalue weighted by atomic mass is 19.1. The van der Waals surface area contributed by atoms with Crippen molar-refractivity contribution in [3.8, 4) is 0 Å². The minimum absolute atomic E-state index is 0.329. The van der Waals surface area contributed by atoms with Crippen LogP contribution in [0.25, 0.3) is 0 Å². The van der Waals surface area contributed by atoms with Crippen molar-refractivity contribution in [2.45, 2.75) is 50.4 Å². The fourth-order valence-corrected chi connectivity index (χ4v) is 3.51. The molecule has 0 aliphatic carbocycles. The molecule has 2 saturated heterocycles. The highest BCUT2D eigenvalue weighted by Crippen LogP contribution is 2.34. The van der Waals surface area contributed by atoms with E-state index in [1.165, 1.54) is 25.0 Å². The minimum Gasteiger partial charge on any atom is -0.310 e. The van der Waals surface area contributed by atoms with Gasteiger partial charge in [-0.05, 0) is 50.9 Å². The molecule has 2 aliphatic heterocycles. The van der Waals surface area contributed by atoms with Crippen molar-refractivity contribution in [1.82, 2.24) is 10.2 Å². The molecule has 104 valence electrons. The lowest BCUT2D eigenvalue weighted by Gasteiger charge is -2.36. The van der Waals surface area contributed by atoms with Gasteiger partial charge in [-0.25, -0.2) is 8.78 Å². The first-order valence-corrected chi connectivity index (χ1v) is 7.02. The first kappa shape index (κ1) is 13.0. The summed E-state index contributed by atoms with van der Waals surface area (Å²) < 4.78 is 26.6. The molecule has 0 amide bonds. The summed E-state index contributed by atoms with van der Waals surface area (Å²) in [5.41, 5.74) is 0.422. The quantitative estimate of drug-likeness (QED) is 0.905. The lowest BCUT2D eigenvalue weighted by atomic mass is 9.98. The third-order valence-electron chi connectivity index (χ3n) is 4.69. The lowest BCUT2D eigenvalue weighted by molar-refractivity contribution is 0.148. The number of hydrogen-bond donors (Lipinski definition) is 1. The Hall–Kier alpha value is -1.00. The number of piperidine rings is 1. The normalized spacial score (nSPS) is 30.8. The van der Waals surface area contributed by atoms with E-state index in [1.807, 2.05) is 0 Å². The van der Waals surface area contributed by atoms with E-state index in [0.717, 1.165) is 18.9 Å². The van der Waals surface area contributed by atoms with Crippen LogP contribution in [0.5, 0.6) is 0 Å². The maximum atomic E-state index is 13.5. The maximum Gasteiger partial charge on any atom is 0.127 e. The monoisotopic (exact) mass is 266 g/mol. The molecular formula is C15H20F2N2. The van der Waals surface area contributed by atoms with Crippen LogP contribution in [0.1, 0.15) is 31.2 Å². The molecule has 2 fully saturated rings. The third kappa shape index (κ3) is 2.65. The summed E-state index contributed by atoms with van der Waals surface area (Å²) in [6.07, 6.45) is 4.77. The molecule has 0 radical (unpaired) electrons. The summed E-state index contributed by atoms with van der Waals surface area (Å²) in [6.45, 7) is 0.414. The Kier molecular flexibility index (Phi) is 3.54. The smallest absolute Gasteiger partial charge is 0.127 e. The van der Waals surface area contributed by atoms with Gasteiger partial charge in [-0.15, -0.1) is 0 Å². The van der Waals surface area contributed by atoms with Crippen molar-refractivity contribution < 1.29 is 8.78 Å². The van der Waals surface area contributed by atoms with Gasteiger partial charge in [0.1, 0.15) is 11.6 Å². The Balaban J connectivity index is 1.60. The van der Waals surface area contributed by atoms with Gasteiger partial charge in [-0.1, -0.05) is 0 Å². The van der Waals surface area contributed by atoms with Crippen LogP contribution in [-0.4, -0.2) is 30.1 Å². The molecule has 1 aromatic rings. The summed E-state index contributed by atoms with van der Waals surface area (Å²) in [7, 11) is 2.20. The largest absolute Gasteiger partial charge is 0.310 e. The van der Waals surface area contributed by atoms with Gasteiger partial charge in [0.05, 0.1) is 0 Å². The molecule has 1 N–H and O–H groups in total. The molecule has 19 heavy (non-hydrogen) atoms. The second-order valence-corrected chi connectivity index (χ2v) is 5.84. The van der Waals surface area contributed by atoms with Crippen LogP contribution in [0.4, 0.5) is 8.78 Å². The Bertz CT molecular complexity index is 449. The number of rotatable bonds is 3. The average molecular weight is 266 g/mol. The van der Waals surface area contributed by atoms with E-state index in [-0.39, 0.29) is 11.6 Å². The highest BCUT2D eigenvalue weighted by Gasteiger charge is 2.38. The maximum absolute atomic E-state index is 13.5. The average Bonchev–Trinajstić information content (AvgIpc) is 2.63. The standard InChI is InChI=1S/C15H20F2N2/c1-19-13-3-4-14(19)8-12(7-13)18-9-10-6-11(16)2-5-15(10)17/h2,5-6,12-14,18H,3-4,7-9H2,1H3. The third-order valence-corrected chi connectivity index (χ3v) is 4.69. The summed E-state index contributed by atoms with van der Waals surface area (Å²) in [6, 6.07) is 5.39. The SMILES string of the molecule is CN1C2CCC1CC(NCc1cc(F)ccc1F)C2. The Morgan fingerprint density at radius 1 is 1.21 bits per heavy atom. The summed E-state index contributed by atoms with van der Waals surface area (Å²) in [5.74, 6) is -0.702. The second kappa shape index (κ2) is 5.17. The molecule has 1 aromatic carbocycles. The van der Waals surface area contributed by atoms with Gasteiger partial charge in [-0.2, -0.15) is 0 Å².